The average molecular weight is 324 g/mol. The van der Waals surface area contributed by atoms with Gasteiger partial charge < -0.3 is 9.64 Å². The van der Waals surface area contributed by atoms with Gasteiger partial charge in [-0.1, -0.05) is 54.6 Å². The van der Waals surface area contributed by atoms with E-state index in [2.05, 4.69) is 81.4 Å². The fourth-order valence-electron chi connectivity index (χ4n) is 2.79. The molecule has 0 radical (unpaired) electrons. The van der Waals surface area contributed by atoms with Crippen molar-refractivity contribution < 1.29 is 4.74 Å². The Morgan fingerprint density at radius 1 is 0.917 bits per heavy atom. The van der Waals surface area contributed by atoms with E-state index in [0.29, 0.717) is 0 Å². The van der Waals surface area contributed by atoms with Crippen LogP contribution in [0.15, 0.2) is 54.6 Å². The van der Waals surface area contributed by atoms with Gasteiger partial charge in [-0.15, -0.1) is 0 Å². The zero-order valence-corrected chi connectivity index (χ0v) is 15.3. The van der Waals surface area contributed by atoms with E-state index in [-0.39, 0.29) is 5.41 Å². The maximum absolute atomic E-state index is 5.72. The molecule has 24 heavy (non-hydrogen) atoms. The highest BCUT2D eigenvalue weighted by Gasteiger charge is 2.30. The Labute approximate surface area is 147 Å². The van der Waals surface area contributed by atoms with Crippen molar-refractivity contribution >= 4 is 0 Å². The number of rotatable bonds is 9. The summed E-state index contributed by atoms with van der Waals surface area (Å²) < 4.78 is 5.72. The Kier molecular flexibility index (Phi) is 6.89. The first-order chi connectivity index (χ1) is 11.5. The van der Waals surface area contributed by atoms with Crippen LogP contribution in [0.4, 0.5) is 0 Å². The molecule has 128 valence electrons. The Hall–Kier alpha value is -1.77. The van der Waals surface area contributed by atoms with Crippen LogP contribution in [0.5, 0.6) is 0 Å². The van der Waals surface area contributed by atoms with Crippen LogP contribution in [-0.4, -0.2) is 38.8 Å². The van der Waals surface area contributed by atoms with Crippen LogP contribution in [0.2, 0.25) is 0 Å². The lowest BCUT2D eigenvalue weighted by atomic mass is 9.78. The van der Waals surface area contributed by atoms with E-state index in [1.165, 1.54) is 16.7 Å². The second-order valence-corrected chi connectivity index (χ2v) is 6.91. The molecule has 0 bridgehead atoms. The number of nitrogens with zero attached hydrogens (tertiary/aromatic N) is 1. The van der Waals surface area contributed by atoms with E-state index in [1.807, 2.05) is 6.07 Å². The maximum Gasteiger partial charge on any atom is 0.152 e. The zero-order valence-electron chi connectivity index (χ0n) is 15.3. The highest BCUT2D eigenvalue weighted by Crippen LogP contribution is 2.30. The SMILES string of the molecule is [CH2+]C(C)(c1ccccc1)c1ccc(CCOCCCN(C)C)cc1. The molecule has 2 rings (SSSR count). The van der Waals surface area contributed by atoms with Gasteiger partial charge in [0.2, 0.25) is 0 Å². The average Bonchev–Trinajstić information content (AvgIpc) is 2.59. The van der Waals surface area contributed by atoms with Crippen LogP contribution in [0, 0.1) is 6.92 Å². The van der Waals surface area contributed by atoms with Crippen molar-refractivity contribution in [2.24, 2.45) is 0 Å². The van der Waals surface area contributed by atoms with Crippen molar-refractivity contribution in [2.75, 3.05) is 33.9 Å². The predicted octanol–water partition coefficient (Wildman–Crippen LogP) is 4.34. The number of hydrogen-bond acceptors (Lipinski definition) is 2. The molecule has 0 aliphatic carbocycles. The molecule has 0 aliphatic heterocycles. The first-order valence-electron chi connectivity index (χ1n) is 8.73. The van der Waals surface area contributed by atoms with Gasteiger partial charge in [-0.25, -0.2) is 0 Å². The minimum absolute atomic E-state index is 0.220. The first-order valence-corrected chi connectivity index (χ1v) is 8.73. The minimum atomic E-state index is -0.220. The van der Waals surface area contributed by atoms with Gasteiger partial charge in [0.15, 0.2) is 5.41 Å². The lowest BCUT2D eigenvalue weighted by Crippen LogP contribution is -2.19. The molecule has 2 heteroatoms. The molecule has 0 N–H and O–H groups in total. The molecule has 0 heterocycles. The van der Waals surface area contributed by atoms with Gasteiger partial charge >= 0.3 is 0 Å². The molecule has 2 aromatic rings. The minimum Gasteiger partial charge on any atom is -0.381 e. The summed E-state index contributed by atoms with van der Waals surface area (Å²) in [6.07, 6.45) is 2.05. The number of hydrogen-bond donors (Lipinski definition) is 0. The molecule has 0 spiro atoms. The number of ether oxygens (including phenoxy) is 1. The highest BCUT2D eigenvalue weighted by molar-refractivity contribution is 5.40. The quantitative estimate of drug-likeness (QED) is 0.502. The molecule has 0 aromatic heterocycles. The van der Waals surface area contributed by atoms with Gasteiger partial charge in [0.1, 0.15) is 0 Å². The second-order valence-electron chi connectivity index (χ2n) is 6.91. The van der Waals surface area contributed by atoms with E-state index in [0.717, 1.165) is 32.6 Å². The lowest BCUT2D eigenvalue weighted by molar-refractivity contribution is 0.128. The monoisotopic (exact) mass is 324 g/mol. The van der Waals surface area contributed by atoms with Gasteiger partial charge in [-0.2, -0.15) is 0 Å². The molecule has 2 aromatic carbocycles. The summed E-state index contributed by atoms with van der Waals surface area (Å²) in [6, 6.07) is 19.3. The highest BCUT2D eigenvalue weighted by atomic mass is 16.5. The smallest absolute Gasteiger partial charge is 0.152 e. The molecule has 0 fully saturated rings. The van der Waals surface area contributed by atoms with E-state index in [4.69, 9.17) is 4.74 Å². The second kappa shape index (κ2) is 8.91. The Morgan fingerprint density at radius 2 is 1.54 bits per heavy atom. The molecule has 0 saturated heterocycles. The Bertz CT molecular complexity index is 587. The van der Waals surface area contributed by atoms with Crippen LogP contribution in [-0.2, 0) is 16.6 Å². The molecule has 0 aliphatic rings. The number of benzene rings is 2. The summed E-state index contributed by atoms with van der Waals surface area (Å²) in [6.45, 7) is 9.29. The van der Waals surface area contributed by atoms with Gasteiger partial charge in [0.25, 0.3) is 0 Å². The van der Waals surface area contributed by atoms with Gasteiger partial charge in [-0.05, 0) is 46.0 Å². The summed E-state index contributed by atoms with van der Waals surface area (Å²) in [5, 5.41) is 0. The lowest BCUT2D eigenvalue weighted by Gasteiger charge is -2.19. The molecule has 0 saturated carbocycles. The third-order valence-electron chi connectivity index (χ3n) is 4.43. The maximum atomic E-state index is 5.72. The summed E-state index contributed by atoms with van der Waals surface area (Å²) >= 11 is 0. The van der Waals surface area contributed by atoms with E-state index >= 15 is 0 Å². The summed E-state index contributed by atoms with van der Waals surface area (Å²) in [5.41, 5.74) is 3.57. The summed E-state index contributed by atoms with van der Waals surface area (Å²) in [5.74, 6) is 0. The first kappa shape index (κ1) is 18.6. The van der Waals surface area contributed by atoms with Crippen molar-refractivity contribution in [1.29, 1.82) is 0 Å². The standard InChI is InChI=1S/C22H30NO/c1-22(2,20-9-6-5-7-10-20)21-13-11-19(12-14-21)15-18-24-17-8-16-23(3)4/h5-7,9-14H,1,8,15-18H2,2-4H3/q+1. The molecular formula is C22H30NO+. The third kappa shape index (κ3) is 5.40. The fraction of sp³-hybridized carbons (Fsp3) is 0.409. The largest absolute Gasteiger partial charge is 0.381 e. The van der Waals surface area contributed by atoms with Crippen molar-refractivity contribution in [2.45, 2.75) is 25.2 Å². The van der Waals surface area contributed by atoms with Crippen LogP contribution >= 0.6 is 0 Å². The normalized spacial score (nSPS) is 13.8. The van der Waals surface area contributed by atoms with Crippen molar-refractivity contribution in [3.63, 3.8) is 0 Å². The zero-order chi connectivity index (χ0) is 17.4. The third-order valence-corrected chi connectivity index (χ3v) is 4.43. The van der Waals surface area contributed by atoms with Crippen LogP contribution < -0.4 is 0 Å². The van der Waals surface area contributed by atoms with E-state index in [1.54, 1.807) is 0 Å². The Morgan fingerprint density at radius 3 is 2.17 bits per heavy atom. The Balaban J connectivity index is 1.85. The molecule has 0 amide bonds. The molecule has 2 nitrogen and oxygen atoms in total. The van der Waals surface area contributed by atoms with Crippen LogP contribution in [0.1, 0.15) is 30.0 Å². The van der Waals surface area contributed by atoms with Crippen LogP contribution in [0.25, 0.3) is 0 Å². The fourth-order valence-corrected chi connectivity index (χ4v) is 2.79. The van der Waals surface area contributed by atoms with Gasteiger partial charge in [0.05, 0.1) is 13.5 Å². The summed E-state index contributed by atoms with van der Waals surface area (Å²) in [4.78, 5) is 2.19. The predicted molar refractivity (Wildman–Crippen MR) is 102 cm³/mol. The van der Waals surface area contributed by atoms with Gasteiger partial charge in [0, 0.05) is 17.7 Å². The summed E-state index contributed by atoms with van der Waals surface area (Å²) in [7, 11) is 4.18. The molecule has 1 atom stereocenters. The van der Waals surface area contributed by atoms with E-state index < -0.39 is 0 Å². The van der Waals surface area contributed by atoms with Crippen molar-refractivity contribution in [3.05, 3.63) is 78.2 Å². The van der Waals surface area contributed by atoms with E-state index in [9.17, 15) is 0 Å². The van der Waals surface area contributed by atoms with Crippen molar-refractivity contribution in [3.8, 4) is 0 Å². The molecular weight excluding hydrogens is 294 g/mol. The van der Waals surface area contributed by atoms with Crippen molar-refractivity contribution in [1.82, 2.24) is 4.90 Å². The topological polar surface area (TPSA) is 12.5 Å². The van der Waals surface area contributed by atoms with Crippen LogP contribution in [0.3, 0.4) is 0 Å². The molecule has 1 unspecified atom stereocenters. The van der Waals surface area contributed by atoms with Gasteiger partial charge in [-0.3, -0.25) is 0 Å².